The molecule has 0 spiro atoms. The van der Waals surface area contributed by atoms with E-state index in [2.05, 4.69) is 62.3 Å². The SMILES string of the molecule is CNC[C@@H](O)[C@H](c1cccc(Br)c1)n1ccc2ccccc21.Cl. The average molecular weight is 396 g/mol. The molecule has 2 N–H and O–H groups in total. The molecule has 0 saturated heterocycles. The van der Waals surface area contributed by atoms with Gasteiger partial charge < -0.3 is 15.0 Å². The maximum Gasteiger partial charge on any atom is 0.0912 e. The number of benzene rings is 2. The normalized spacial score (nSPS) is 13.5. The molecule has 0 aliphatic heterocycles. The Hall–Kier alpha value is -1.33. The van der Waals surface area contributed by atoms with Crippen molar-refractivity contribution in [2.75, 3.05) is 13.6 Å². The number of hydrogen-bond donors (Lipinski definition) is 2. The van der Waals surface area contributed by atoms with Crippen molar-refractivity contribution in [3.8, 4) is 0 Å². The van der Waals surface area contributed by atoms with Gasteiger partial charge in [0, 0.05) is 22.7 Å². The second-order valence-electron chi connectivity index (χ2n) is 5.41. The van der Waals surface area contributed by atoms with E-state index in [0.29, 0.717) is 6.54 Å². The Labute approximate surface area is 150 Å². The molecule has 2 aromatic carbocycles. The lowest BCUT2D eigenvalue weighted by molar-refractivity contribution is 0.132. The van der Waals surface area contributed by atoms with Gasteiger partial charge in [-0.15, -0.1) is 12.4 Å². The van der Waals surface area contributed by atoms with Crippen molar-refractivity contribution in [2.24, 2.45) is 0 Å². The smallest absolute Gasteiger partial charge is 0.0912 e. The predicted molar refractivity (Wildman–Crippen MR) is 101 cm³/mol. The van der Waals surface area contributed by atoms with E-state index in [0.717, 1.165) is 15.6 Å². The lowest BCUT2D eigenvalue weighted by atomic mass is 10.0. The summed E-state index contributed by atoms with van der Waals surface area (Å²) >= 11 is 3.53. The zero-order valence-corrected chi connectivity index (χ0v) is 15.2. The number of aromatic nitrogens is 1. The topological polar surface area (TPSA) is 37.2 Å². The fourth-order valence-electron chi connectivity index (χ4n) is 2.93. The standard InChI is InChI=1S/C18H19BrN2O.ClH/c1-20-12-17(22)18(14-6-4-7-15(19)11-14)21-10-9-13-5-2-3-8-16(13)21;/h2-11,17-18,20,22H,12H2,1H3;1H/t17-,18+;/m1./s1. The largest absolute Gasteiger partial charge is 0.389 e. The van der Waals surface area contributed by atoms with Crippen LogP contribution < -0.4 is 5.32 Å². The third-order valence-electron chi connectivity index (χ3n) is 3.90. The first-order valence-electron chi connectivity index (χ1n) is 7.34. The van der Waals surface area contributed by atoms with Crippen molar-refractivity contribution >= 4 is 39.2 Å². The Morgan fingerprint density at radius 1 is 1.13 bits per heavy atom. The lowest BCUT2D eigenvalue weighted by Gasteiger charge is -2.26. The summed E-state index contributed by atoms with van der Waals surface area (Å²) in [7, 11) is 1.86. The summed E-state index contributed by atoms with van der Waals surface area (Å²) in [6, 6.07) is 18.3. The van der Waals surface area contributed by atoms with Crippen LogP contribution in [0.2, 0.25) is 0 Å². The molecular weight excluding hydrogens is 376 g/mol. The summed E-state index contributed by atoms with van der Waals surface area (Å²) in [6.07, 6.45) is 1.53. The number of aliphatic hydroxyl groups is 1. The van der Waals surface area contributed by atoms with Gasteiger partial charge in [0.15, 0.2) is 0 Å². The van der Waals surface area contributed by atoms with Crippen molar-refractivity contribution in [3.63, 3.8) is 0 Å². The van der Waals surface area contributed by atoms with Crippen molar-refractivity contribution in [1.29, 1.82) is 0 Å². The van der Waals surface area contributed by atoms with E-state index in [4.69, 9.17) is 0 Å². The first kappa shape index (κ1) is 18.0. The van der Waals surface area contributed by atoms with Gasteiger partial charge in [0.05, 0.1) is 12.1 Å². The van der Waals surface area contributed by atoms with Gasteiger partial charge in [-0.05, 0) is 42.3 Å². The minimum atomic E-state index is -0.518. The van der Waals surface area contributed by atoms with Crippen molar-refractivity contribution in [2.45, 2.75) is 12.1 Å². The van der Waals surface area contributed by atoms with Crippen LogP contribution in [0.5, 0.6) is 0 Å². The van der Waals surface area contributed by atoms with E-state index in [1.807, 2.05) is 31.3 Å². The van der Waals surface area contributed by atoms with E-state index >= 15 is 0 Å². The highest BCUT2D eigenvalue weighted by molar-refractivity contribution is 9.10. The van der Waals surface area contributed by atoms with E-state index in [1.54, 1.807) is 0 Å². The van der Waals surface area contributed by atoms with Crippen molar-refractivity contribution in [1.82, 2.24) is 9.88 Å². The Morgan fingerprint density at radius 3 is 2.65 bits per heavy atom. The summed E-state index contributed by atoms with van der Waals surface area (Å²) < 4.78 is 3.17. The van der Waals surface area contributed by atoms with E-state index in [1.165, 1.54) is 5.39 Å². The number of rotatable bonds is 5. The van der Waals surface area contributed by atoms with Crippen LogP contribution in [0.3, 0.4) is 0 Å². The van der Waals surface area contributed by atoms with E-state index in [9.17, 15) is 5.11 Å². The fourth-order valence-corrected chi connectivity index (χ4v) is 3.34. The third-order valence-corrected chi connectivity index (χ3v) is 4.39. The van der Waals surface area contributed by atoms with E-state index in [-0.39, 0.29) is 18.4 Å². The lowest BCUT2D eigenvalue weighted by Crippen LogP contribution is -2.33. The number of likely N-dealkylation sites (N-methyl/N-ethyl adjacent to an activating group) is 1. The van der Waals surface area contributed by atoms with Crippen LogP contribution in [0.25, 0.3) is 10.9 Å². The van der Waals surface area contributed by atoms with Gasteiger partial charge in [-0.2, -0.15) is 0 Å². The molecule has 0 saturated carbocycles. The van der Waals surface area contributed by atoms with Crippen LogP contribution in [0.15, 0.2) is 65.3 Å². The molecular formula is C18H20BrClN2O. The summed E-state index contributed by atoms with van der Waals surface area (Å²) in [6.45, 7) is 0.531. The Balaban J connectivity index is 0.00000192. The minimum Gasteiger partial charge on any atom is -0.389 e. The molecule has 0 radical (unpaired) electrons. The highest BCUT2D eigenvalue weighted by Crippen LogP contribution is 2.29. The summed E-state index contributed by atoms with van der Waals surface area (Å²) in [5.41, 5.74) is 2.21. The number of nitrogens with one attached hydrogen (secondary N) is 1. The molecule has 0 amide bonds. The van der Waals surface area contributed by atoms with Gasteiger partial charge in [0.25, 0.3) is 0 Å². The van der Waals surface area contributed by atoms with Gasteiger partial charge >= 0.3 is 0 Å². The molecule has 122 valence electrons. The molecule has 3 rings (SSSR count). The number of halogens is 2. The number of para-hydroxylation sites is 1. The Morgan fingerprint density at radius 2 is 1.91 bits per heavy atom. The molecule has 0 fully saturated rings. The van der Waals surface area contributed by atoms with Crippen LogP contribution >= 0.6 is 28.3 Å². The zero-order chi connectivity index (χ0) is 15.5. The zero-order valence-electron chi connectivity index (χ0n) is 12.8. The average Bonchev–Trinajstić information content (AvgIpc) is 2.92. The molecule has 0 aliphatic carbocycles. The quantitative estimate of drug-likeness (QED) is 0.685. The first-order chi connectivity index (χ1) is 10.7. The summed E-state index contributed by atoms with van der Waals surface area (Å²) in [4.78, 5) is 0. The maximum absolute atomic E-state index is 10.7. The molecule has 3 nitrogen and oxygen atoms in total. The van der Waals surface area contributed by atoms with Crippen molar-refractivity contribution in [3.05, 3.63) is 70.8 Å². The number of fused-ring (bicyclic) bond motifs is 1. The van der Waals surface area contributed by atoms with Crippen LogP contribution in [0.1, 0.15) is 11.6 Å². The van der Waals surface area contributed by atoms with Gasteiger partial charge in [0.1, 0.15) is 0 Å². The Bertz CT molecular complexity index is 774. The molecule has 1 heterocycles. The summed E-state index contributed by atoms with van der Waals surface area (Å²) in [5, 5.41) is 14.9. The van der Waals surface area contributed by atoms with Crippen LogP contribution in [0, 0.1) is 0 Å². The molecule has 0 bridgehead atoms. The van der Waals surface area contributed by atoms with E-state index < -0.39 is 6.10 Å². The Kier molecular flexibility index (Phi) is 6.25. The van der Waals surface area contributed by atoms with Crippen LogP contribution in [0.4, 0.5) is 0 Å². The van der Waals surface area contributed by atoms with Crippen molar-refractivity contribution < 1.29 is 5.11 Å². The molecule has 5 heteroatoms. The monoisotopic (exact) mass is 394 g/mol. The minimum absolute atomic E-state index is 0. The second-order valence-corrected chi connectivity index (χ2v) is 6.32. The maximum atomic E-state index is 10.7. The third kappa shape index (κ3) is 3.78. The molecule has 0 aliphatic rings. The molecule has 2 atom stereocenters. The number of hydrogen-bond acceptors (Lipinski definition) is 2. The first-order valence-corrected chi connectivity index (χ1v) is 8.13. The van der Waals surface area contributed by atoms with Gasteiger partial charge in [0.2, 0.25) is 0 Å². The summed E-state index contributed by atoms with van der Waals surface area (Å²) in [5.74, 6) is 0. The molecule has 3 aromatic rings. The van der Waals surface area contributed by atoms with Gasteiger partial charge in [-0.1, -0.05) is 46.3 Å². The number of nitrogens with zero attached hydrogens (tertiary/aromatic N) is 1. The molecule has 23 heavy (non-hydrogen) atoms. The highest BCUT2D eigenvalue weighted by Gasteiger charge is 2.23. The van der Waals surface area contributed by atoms with Crippen LogP contribution in [-0.2, 0) is 0 Å². The van der Waals surface area contributed by atoms with Gasteiger partial charge in [-0.3, -0.25) is 0 Å². The predicted octanol–water partition coefficient (Wildman–Crippen LogP) is 4.00. The van der Waals surface area contributed by atoms with Gasteiger partial charge in [-0.25, -0.2) is 0 Å². The molecule has 0 unspecified atom stereocenters. The molecule has 1 aromatic heterocycles. The fraction of sp³-hybridized carbons (Fsp3) is 0.222. The van der Waals surface area contributed by atoms with Crippen LogP contribution in [-0.4, -0.2) is 29.4 Å². The highest BCUT2D eigenvalue weighted by atomic mass is 79.9. The number of aliphatic hydroxyl groups excluding tert-OH is 1. The second kappa shape index (κ2) is 7.97.